The average molecular weight is 196 g/mol. The summed E-state index contributed by atoms with van der Waals surface area (Å²) in [4.78, 5) is 21.6. The number of rotatable bonds is 4. The Labute approximate surface area is 77.9 Å². The molecule has 0 spiro atoms. The molecule has 0 aromatic heterocycles. The van der Waals surface area contributed by atoms with Crippen LogP contribution < -0.4 is 5.73 Å². The van der Waals surface area contributed by atoms with Crippen molar-refractivity contribution in [3.05, 3.63) is 0 Å². The Balaban J connectivity index is 0. The van der Waals surface area contributed by atoms with Crippen molar-refractivity contribution in [3.8, 4) is 0 Å². The fraction of sp³-hybridized carbons (Fsp3) is 0.714. The molecule has 0 heterocycles. The minimum Gasteiger partial charge on any atom is -0.464 e. The highest BCUT2D eigenvalue weighted by Crippen LogP contribution is 1.91. The van der Waals surface area contributed by atoms with E-state index in [-0.39, 0.29) is 31.2 Å². The first-order valence-electron chi connectivity index (χ1n) is 3.58. The number of hydrogen-bond donors (Lipinski definition) is 1. The molecule has 0 bridgehead atoms. The summed E-state index contributed by atoms with van der Waals surface area (Å²) in [5.41, 5.74) is 5.23. The molecular weight excluding hydrogens is 182 g/mol. The first kappa shape index (κ1) is 13.9. The lowest BCUT2D eigenvalue weighted by Crippen LogP contribution is -2.39. The van der Waals surface area contributed by atoms with E-state index >= 15 is 0 Å². The van der Waals surface area contributed by atoms with Gasteiger partial charge in [-0.05, 0) is 6.92 Å². The summed E-state index contributed by atoms with van der Waals surface area (Å²) in [7, 11) is 0. The van der Waals surface area contributed by atoms with Gasteiger partial charge in [0.15, 0.2) is 11.8 Å². The lowest BCUT2D eigenvalue weighted by Gasteiger charge is -2.06. The molecule has 72 valence electrons. The predicted octanol–water partition coefficient (Wildman–Crippen LogP) is 0.278. The molecule has 0 saturated heterocycles. The summed E-state index contributed by atoms with van der Waals surface area (Å²) >= 11 is 0. The van der Waals surface area contributed by atoms with Gasteiger partial charge in [0.25, 0.3) is 0 Å². The molecule has 0 amide bonds. The van der Waals surface area contributed by atoms with Crippen molar-refractivity contribution in [1.82, 2.24) is 0 Å². The topological polar surface area (TPSA) is 69.4 Å². The highest BCUT2D eigenvalue weighted by Gasteiger charge is 2.20. The van der Waals surface area contributed by atoms with Crippen LogP contribution in [0.5, 0.6) is 0 Å². The van der Waals surface area contributed by atoms with E-state index in [9.17, 15) is 9.59 Å². The molecule has 0 rings (SSSR count). The number of carbonyl (C=O) groups is 2. The molecule has 0 fully saturated rings. The molecule has 0 aromatic rings. The monoisotopic (exact) mass is 195 g/mol. The molecule has 0 aliphatic rings. The molecule has 5 heteroatoms. The van der Waals surface area contributed by atoms with Crippen molar-refractivity contribution in [2.45, 2.75) is 26.3 Å². The summed E-state index contributed by atoms with van der Waals surface area (Å²) in [5, 5.41) is 0. The van der Waals surface area contributed by atoms with Gasteiger partial charge in [-0.1, -0.05) is 6.92 Å². The maximum absolute atomic E-state index is 10.8. The standard InChI is InChI=1S/C7H13NO3.ClH/c1-3-5(9)6(8)7(10)11-4-2;/h6H,3-4,8H2,1-2H3;1H/t6-;/m0./s1. The van der Waals surface area contributed by atoms with Crippen LogP contribution in [-0.2, 0) is 14.3 Å². The average Bonchev–Trinajstić information content (AvgIpc) is 2.02. The number of carbonyl (C=O) groups excluding carboxylic acids is 2. The third-order valence-corrected chi connectivity index (χ3v) is 1.24. The Morgan fingerprint density at radius 1 is 1.42 bits per heavy atom. The van der Waals surface area contributed by atoms with Crippen molar-refractivity contribution in [2.24, 2.45) is 5.73 Å². The van der Waals surface area contributed by atoms with Crippen molar-refractivity contribution in [3.63, 3.8) is 0 Å². The third kappa shape index (κ3) is 4.31. The zero-order valence-electron chi connectivity index (χ0n) is 7.20. The maximum Gasteiger partial charge on any atom is 0.330 e. The van der Waals surface area contributed by atoms with Crippen molar-refractivity contribution in [1.29, 1.82) is 0 Å². The van der Waals surface area contributed by atoms with Gasteiger partial charge in [0.05, 0.1) is 6.61 Å². The first-order chi connectivity index (χ1) is 5.13. The number of halogens is 1. The summed E-state index contributed by atoms with van der Waals surface area (Å²) in [5.74, 6) is -0.928. The van der Waals surface area contributed by atoms with E-state index in [1.165, 1.54) is 0 Å². The quantitative estimate of drug-likeness (QED) is 0.517. The lowest BCUT2D eigenvalue weighted by atomic mass is 10.1. The Morgan fingerprint density at radius 3 is 2.25 bits per heavy atom. The van der Waals surface area contributed by atoms with Crippen molar-refractivity contribution < 1.29 is 14.3 Å². The minimum absolute atomic E-state index is 0. The zero-order valence-corrected chi connectivity index (χ0v) is 8.02. The van der Waals surface area contributed by atoms with Crippen LogP contribution in [0.2, 0.25) is 0 Å². The van der Waals surface area contributed by atoms with Crippen LogP contribution in [-0.4, -0.2) is 24.4 Å². The summed E-state index contributed by atoms with van der Waals surface area (Å²) < 4.78 is 4.54. The maximum atomic E-state index is 10.8. The van der Waals surface area contributed by atoms with Gasteiger partial charge in [-0.3, -0.25) is 4.79 Å². The van der Waals surface area contributed by atoms with Gasteiger partial charge < -0.3 is 10.5 Å². The molecule has 1 atom stereocenters. The van der Waals surface area contributed by atoms with Crippen molar-refractivity contribution >= 4 is 24.2 Å². The second kappa shape index (κ2) is 7.06. The van der Waals surface area contributed by atoms with Gasteiger partial charge in [0.1, 0.15) is 0 Å². The molecule has 2 N–H and O–H groups in total. The molecular formula is C7H14ClNO3. The van der Waals surface area contributed by atoms with Crippen LogP contribution in [0.25, 0.3) is 0 Å². The van der Waals surface area contributed by atoms with Gasteiger partial charge in [-0.2, -0.15) is 0 Å². The van der Waals surface area contributed by atoms with E-state index in [1.807, 2.05) is 0 Å². The van der Waals surface area contributed by atoms with Gasteiger partial charge in [0, 0.05) is 6.42 Å². The normalized spacial score (nSPS) is 11.2. The minimum atomic E-state index is -1.10. The first-order valence-corrected chi connectivity index (χ1v) is 3.58. The SMILES string of the molecule is CCOC(=O)[C@@H](N)C(=O)CC.Cl. The van der Waals surface area contributed by atoms with Crippen LogP contribution >= 0.6 is 12.4 Å². The van der Waals surface area contributed by atoms with Gasteiger partial charge in [-0.15, -0.1) is 12.4 Å². The number of nitrogens with two attached hydrogens (primary N) is 1. The van der Waals surface area contributed by atoms with E-state index in [0.29, 0.717) is 0 Å². The number of esters is 1. The Kier molecular flexibility index (Phi) is 8.21. The van der Waals surface area contributed by atoms with Crippen LogP contribution in [0.4, 0.5) is 0 Å². The second-order valence-corrected chi connectivity index (χ2v) is 2.05. The Hall–Kier alpha value is -0.610. The van der Waals surface area contributed by atoms with E-state index in [0.717, 1.165) is 0 Å². The van der Waals surface area contributed by atoms with E-state index in [2.05, 4.69) is 4.74 Å². The zero-order chi connectivity index (χ0) is 8.85. The molecule has 0 aromatic carbocycles. The number of Topliss-reactive ketones (excluding diaryl/α,β-unsaturated/α-hetero) is 1. The summed E-state index contributed by atoms with van der Waals surface area (Å²) in [6, 6.07) is -1.10. The van der Waals surface area contributed by atoms with Crippen LogP contribution in [0.1, 0.15) is 20.3 Å². The van der Waals surface area contributed by atoms with E-state index in [4.69, 9.17) is 5.73 Å². The highest BCUT2D eigenvalue weighted by atomic mass is 35.5. The molecule has 0 saturated carbocycles. The smallest absolute Gasteiger partial charge is 0.330 e. The third-order valence-electron chi connectivity index (χ3n) is 1.24. The lowest BCUT2D eigenvalue weighted by molar-refractivity contribution is -0.147. The van der Waals surface area contributed by atoms with Gasteiger partial charge in [0.2, 0.25) is 0 Å². The highest BCUT2D eigenvalue weighted by molar-refractivity contribution is 6.02. The fourth-order valence-electron chi connectivity index (χ4n) is 0.583. The Morgan fingerprint density at radius 2 is 1.92 bits per heavy atom. The number of ketones is 1. The molecule has 0 aliphatic carbocycles. The predicted molar refractivity (Wildman–Crippen MR) is 47.2 cm³/mol. The summed E-state index contributed by atoms with van der Waals surface area (Å²) in [6.45, 7) is 3.58. The number of hydrogen-bond acceptors (Lipinski definition) is 4. The van der Waals surface area contributed by atoms with Crippen molar-refractivity contribution in [2.75, 3.05) is 6.61 Å². The van der Waals surface area contributed by atoms with Crippen LogP contribution in [0.3, 0.4) is 0 Å². The van der Waals surface area contributed by atoms with Gasteiger partial charge >= 0.3 is 5.97 Å². The number of ether oxygens (including phenoxy) is 1. The molecule has 12 heavy (non-hydrogen) atoms. The largest absolute Gasteiger partial charge is 0.464 e. The van der Waals surface area contributed by atoms with E-state index in [1.54, 1.807) is 13.8 Å². The van der Waals surface area contributed by atoms with Gasteiger partial charge in [-0.25, -0.2) is 4.79 Å². The molecule has 0 radical (unpaired) electrons. The Bertz CT molecular complexity index is 161. The van der Waals surface area contributed by atoms with Crippen LogP contribution in [0, 0.1) is 0 Å². The molecule has 4 nitrogen and oxygen atoms in total. The van der Waals surface area contributed by atoms with E-state index < -0.39 is 12.0 Å². The molecule has 0 aliphatic heterocycles. The second-order valence-electron chi connectivity index (χ2n) is 2.05. The van der Waals surface area contributed by atoms with Crippen LogP contribution in [0.15, 0.2) is 0 Å². The fourth-order valence-corrected chi connectivity index (χ4v) is 0.583. The molecule has 0 unspecified atom stereocenters. The summed E-state index contributed by atoms with van der Waals surface area (Å²) in [6.07, 6.45) is 0.264.